The van der Waals surface area contributed by atoms with Crippen LogP contribution in [0.2, 0.25) is 0 Å². The van der Waals surface area contributed by atoms with Gasteiger partial charge in [0.05, 0.1) is 10.5 Å². The first-order chi connectivity index (χ1) is 16.9. The van der Waals surface area contributed by atoms with Gasteiger partial charge in [-0.2, -0.15) is 15.1 Å². The summed E-state index contributed by atoms with van der Waals surface area (Å²) in [6.07, 6.45) is 1.43. The van der Waals surface area contributed by atoms with Gasteiger partial charge in [-0.1, -0.05) is 18.2 Å². The Morgan fingerprint density at radius 2 is 1.94 bits per heavy atom. The van der Waals surface area contributed by atoms with E-state index in [0.717, 1.165) is 11.3 Å². The molecule has 1 amide bonds. The van der Waals surface area contributed by atoms with E-state index in [9.17, 15) is 14.9 Å². The number of benzene rings is 2. The Bertz CT molecular complexity index is 1450. The van der Waals surface area contributed by atoms with E-state index in [4.69, 9.17) is 14.6 Å². The van der Waals surface area contributed by atoms with Crippen molar-refractivity contribution in [3.05, 3.63) is 87.7 Å². The molecule has 0 aliphatic carbocycles. The lowest BCUT2D eigenvalue weighted by atomic mass is 10.1. The van der Waals surface area contributed by atoms with Gasteiger partial charge in [-0.3, -0.25) is 20.3 Å². The van der Waals surface area contributed by atoms with Gasteiger partial charge in [0.2, 0.25) is 5.17 Å². The molecule has 2 aromatic carbocycles. The lowest BCUT2D eigenvalue weighted by Crippen LogP contribution is -2.35. The highest BCUT2D eigenvalue weighted by Crippen LogP contribution is 2.30. The number of aryl methyl sites for hydroxylation is 1. The molecule has 2 aliphatic rings. The van der Waals surface area contributed by atoms with E-state index < -0.39 is 10.8 Å². The highest BCUT2D eigenvalue weighted by atomic mass is 32.2. The third-order valence-corrected chi connectivity index (χ3v) is 6.10. The zero-order valence-electron chi connectivity index (χ0n) is 18.3. The Morgan fingerprint density at radius 3 is 2.69 bits per heavy atom. The van der Waals surface area contributed by atoms with Crippen molar-refractivity contribution in [1.29, 1.82) is 5.41 Å². The SMILES string of the molecule is Cc1ccccc1OCC1=NN2C(=N)/C(=C/c3ccc(-c4ccc([N+](=O)[O-])cc4)o3)C(=O)N=C2S1. The van der Waals surface area contributed by atoms with E-state index in [0.29, 0.717) is 27.3 Å². The summed E-state index contributed by atoms with van der Waals surface area (Å²) in [6.45, 7) is 2.13. The number of hydrogen-bond acceptors (Lipinski definition) is 8. The number of nitrogens with zero attached hydrogens (tertiary/aromatic N) is 4. The van der Waals surface area contributed by atoms with Gasteiger partial charge in [-0.25, -0.2) is 0 Å². The number of nitro benzene ring substituents is 1. The predicted octanol–water partition coefficient (Wildman–Crippen LogP) is 4.86. The quantitative estimate of drug-likeness (QED) is 0.298. The van der Waals surface area contributed by atoms with Crippen molar-refractivity contribution >= 4 is 45.5 Å². The molecule has 0 spiro atoms. The van der Waals surface area contributed by atoms with E-state index in [1.807, 2.05) is 31.2 Å². The molecule has 3 aromatic rings. The van der Waals surface area contributed by atoms with Crippen LogP contribution in [0.5, 0.6) is 5.75 Å². The summed E-state index contributed by atoms with van der Waals surface area (Å²) in [5.74, 6) is 0.848. The highest BCUT2D eigenvalue weighted by Gasteiger charge is 2.36. The van der Waals surface area contributed by atoms with E-state index in [2.05, 4.69) is 10.1 Å². The monoisotopic (exact) mass is 487 g/mol. The number of furan rings is 1. The number of para-hydroxylation sites is 1. The molecule has 0 saturated carbocycles. The third kappa shape index (κ3) is 4.49. The Morgan fingerprint density at radius 1 is 1.17 bits per heavy atom. The van der Waals surface area contributed by atoms with Crippen molar-refractivity contribution in [2.45, 2.75) is 6.92 Å². The molecule has 10 nitrogen and oxygen atoms in total. The normalized spacial score (nSPS) is 16.3. The number of carbonyl (C=O) groups is 1. The van der Waals surface area contributed by atoms with Gasteiger partial charge in [0, 0.05) is 17.7 Å². The Balaban J connectivity index is 1.33. The zero-order chi connectivity index (χ0) is 24.5. The molecular formula is C24H17N5O5S. The molecular weight excluding hydrogens is 470 g/mol. The van der Waals surface area contributed by atoms with Crippen molar-refractivity contribution in [3.8, 4) is 17.1 Å². The number of nitro groups is 1. The maximum absolute atomic E-state index is 12.6. The van der Waals surface area contributed by atoms with E-state index >= 15 is 0 Å². The number of thioether (sulfide) groups is 1. The fraction of sp³-hybridized carbons (Fsp3) is 0.0833. The van der Waals surface area contributed by atoms with Crippen molar-refractivity contribution in [2.75, 3.05) is 6.61 Å². The second-order valence-corrected chi connectivity index (χ2v) is 8.61. The molecule has 0 fully saturated rings. The van der Waals surface area contributed by atoms with Gasteiger partial charge in [-0.05, 0) is 60.7 Å². The predicted molar refractivity (Wildman–Crippen MR) is 132 cm³/mol. The number of amidine groups is 2. The van der Waals surface area contributed by atoms with Crippen LogP contribution >= 0.6 is 11.8 Å². The standard InChI is InChI=1S/C24H17N5O5S/c1-14-4-2-3-5-19(14)33-13-21-27-28-22(25)18(23(30)26-24(28)35-21)12-17-10-11-20(34-17)15-6-8-16(9-7-15)29(31)32/h2-12,25H,13H2,1H3/b18-12-,25-22?. The van der Waals surface area contributed by atoms with Crippen LogP contribution in [0.15, 0.2) is 80.7 Å². The summed E-state index contributed by atoms with van der Waals surface area (Å²) < 4.78 is 11.6. The molecule has 11 heteroatoms. The number of amides is 1. The number of non-ortho nitro benzene ring substituents is 1. The molecule has 2 aliphatic heterocycles. The molecule has 174 valence electrons. The van der Waals surface area contributed by atoms with Gasteiger partial charge in [0.15, 0.2) is 5.84 Å². The average Bonchev–Trinajstić information content (AvgIpc) is 3.48. The lowest BCUT2D eigenvalue weighted by molar-refractivity contribution is -0.384. The highest BCUT2D eigenvalue weighted by molar-refractivity contribution is 8.27. The van der Waals surface area contributed by atoms with Gasteiger partial charge in [0.25, 0.3) is 11.6 Å². The van der Waals surface area contributed by atoms with Crippen molar-refractivity contribution < 1.29 is 18.9 Å². The first-order valence-electron chi connectivity index (χ1n) is 10.4. The Kier molecular flexibility index (Phi) is 5.75. The summed E-state index contributed by atoms with van der Waals surface area (Å²) in [7, 11) is 0. The number of nitrogens with one attached hydrogen (secondary N) is 1. The van der Waals surface area contributed by atoms with E-state index in [1.54, 1.807) is 24.3 Å². The largest absolute Gasteiger partial charge is 0.486 e. The molecule has 3 heterocycles. The summed E-state index contributed by atoms with van der Waals surface area (Å²) in [4.78, 5) is 27.1. The molecule has 0 unspecified atom stereocenters. The van der Waals surface area contributed by atoms with Crippen LogP contribution in [0.1, 0.15) is 11.3 Å². The van der Waals surface area contributed by atoms with Crippen LogP contribution in [0.4, 0.5) is 5.69 Å². The molecule has 0 atom stereocenters. The fourth-order valence-corrected chi connectivity index (χ4v) is 4.22. The first-order valence-corrected chi connectivity index (χ1v) is 11.2. The number of rotatable bonds is 6. The van der Waals surface area contributed by atoms with Crippen molar-refractivity contribution in [3.63, 3.8) is 0 Å². The van der Waals surface area contributed by atoms with Crippen molar-refractivity contribution in [2.24, 2.45) is 10.1 Å². The first kappa shape index (κ1) is 22.3. The number of fused-ring (bicyclic) bond motifs is 1. The summed E-state index contributed by atoms with van der Waals surface area (Å²) in [5.41, 5.74) is 1.64. The Labute approximate surface area is 203 Å². The zero-order valence-corrected chi connectivity index (χ0v) is 19.1. The molecule has 35 heavy (non-hydrogen) atoms. The number of hydrogen-bond donors (Lipinski definition) is 1. The third-order valence-electron chi connectivity index (χ3n) is 5.22. The number of hydrazone groups is 1. The van der Waals surface area contributed by atoms with Gasteiger partial charge in [0.1, 0.15) is 28.9 Å². The second kappa shape index (κ2) is 9.03. The van der Waals surface area contributed by atoms with Gasteiger partial charge in [-0.15, -0.1) is 0 Å². The lowest BCUT2D eigenvalue weighted by Gasteiger charge is -2.19. The number of ether oxygens (including phenoxy) is 1. The number of aliphatic imine (C=N–C) groups is 1. The van der Waals surface area contributed by atoms with Gasteiger partial charge < -0.3 is 9.15 Å². The van der Waals surface area contributed by atoms with E-state index in [-0.39, 0.29) is 23.7 Å². The van der Waals surface area contributed by atoms with Crippen LogP contribution in [0.3, 0.4) is 0 Å². The Hall–Kier alpha value is -4.51. The van der Waals surface area contributed by atoms with Crippen LogP contribution in [0, 0.1) is 22.4 Å². The summed E-state index contributed by atoms with van der Waals surface area (Å²) in [5, 5.41) is 25.9. The maximum atomic E-state index is 12.6. The van der Waals surface area contributed by atoms with Crippen molar-refractivity contribution in [1.82, 2.24) is 5.01 Å². The maximum Gasteiger partial charge on any atom is 0.283 e. The summed E-state index contributed by atoms with van der Waals surface area (Å²) >= 11 is 1.18. The number of carbonyl (C=O) groups excluding carboxylic acids is 1. The van der Waals surface area contributed by atoms with Crippen LogP contribution in [-0.4, -0.2) is 38.5 Å². The topological polar surface area (TPSA) is 134 Å². The molecule has 0 saturated heterocycles. The second-order valence-electron chi connectivity index (χ2n) is 7.57. The minimum atomic E-state index is -0.571. The molecule has 1 N–H and O–H groups in total. The molecule has 5 rings (SSSR count). The smallest absolute Gasteiger partial charge is 0.283 e. The molecule has 0 radical (unpaired) electrons. The minimum absolute atomic E-state index is 0.0229. The van der Waals surface area contributed by atoms with Crippen LogP contribution < -0.4 is 4.74 Å². The van der Waals surface area contributed by atoms with Crippen LogP contribution in [0.25, 0.3) is 17.4 Å². The average molecular weight is 487 g/mol. The fourth-order valence-electron chi connectivity index (χ4n) is 3.42. The van der Waals surface area contributed by atoms with Gasteiger partial charge >= 0.3 is 0 Å². The molecule has 0 bridgehead atoms. The summed E-state index contributed by atoms with van der Waals surface area (Å²) in [6, 6.07) is 16.9. The molecule has 1 aromatic heterocycles. The van der Waals surface area contributed by atoms with Crippen LogP contribution in [-0.2, 0) is 4.79 Å². The van der Waals surface area contributed by atoms with E-state index in [1.165, 1.54) is 35.0 Å². The minimum Gasteiger partial charge on any atom is -0.486 e.